The summed E-state index contributed by atoms with van der Waals surface area (Å²) in [6.45, 7) is 4.48. The van der Waals surface area contributed by atoms with Crippen molar-refractivity contribution in [2.24, 2.45) is 11.8 Å². The Morgan fingerprint density at radius 3 is 2.75 bits per heavy atom. The van der Waals surface area contributed by atoms with E-state index in [4.69, 9.17) is 11.6 Å². The van der Waals surface area contributed by atoms with Crippen LogP contribution in [0.5, 0.6) is 0 Å². The zero-order valence-electron chi connectivity index (χ0n) is 22.9. The third kappa shape index (κ3) is 4.76. The van der Waals surface area contributed by atoms with E-state index in [-0.39, 0.29) is 24.1 Å². The van der Waals surface area contributed by atoms with E-state index in [0.717, 1.165) is 60.2 Å². The largest absolute Gasteiger partial charge is 0.356 e. The summed E-state index contributed by atoms with van der Waals surface area (Å²) < 4.78 is 0. The second-order valence-electron chi connectivity index (χ2n) is 11.6. The molecule has 210 valence electrons. The van der Waals surface area contributed by atoms with E-state index in [1.165, 1.54) is 0 Å². The van der Waals surface area contributed by atoms with Crippen LogP contribution in [0.15, 0.2) is 42.6 Å². The van der Waals surface area contributed by atoms with Gasteiger partial charge in [-0.15, -0.1) is 0 Å². The smallest absolute Gasteiger partial charge is 0.228 e. The van der Waals surface area contributed by atoms with Gasteiger partial charge >= 0.3 is 0 Å². The molecule has 0 saturated carbocycles. The first-order valence-electron chi connectivity index (χ1n) is 14.4. The van der Waals surface area contributed by atoms with Gasteiger partial charge in [0.2, 0.25) is 17.7 Å². The van der Waals surface area contributed by atoms with Crippen molar-refractivity contribution in [2.45, 2.75) is 57.4 Å². The number of benzene rings is 1. The monoisotopic (exact) mass is 561 g/mol. The number of rotatable bonds is 6. The number of carbonyl (C=O) groups is 3. The maximum Gasteiger partial charge on any atom is 0.228 e. The number of amides is 3. The molecular formula is C31H36ClN5O3. The molecule has 3 aliphatic heterocycles. The minimum absolute atomic E-state index is 0.0487. The van der Waals surface area contributed by atoms with Gasteiger partial charge in [-0.05, 0) is 74.9 Å². The number of pyridine rings is 1. The second-order valence-corrected chi connectivity index (χ2v) is 12.0. The van der Waals surface area contributed by atoms with Crippen molar-refractivity contribution in [3.63, 3.8) is 0 Å². The van der Waals surface area contributed by atoms with Gasteiger partial charge in [-0.2, -0.15) is 0 Å². The molecule has 3 aromatic rings. The summed E-state index contributed by atoms with van der Waals surface area (Å²) in [7, 11) is 0. The molecule has 1 aromatic carbocycles. The molecule has 40 heavy (non-hydrogen) atoms. The lowest BCUT2D eigenvalue weighted by atomic mass is 9.67. The number of aromatic amines is 1. The Bertz CT molecular complexity index is 1430. The molecule has 5 heterocycles. The highest BCUT2D eigenvalue weighted by atomic mass is 35.5. The molecule has 2 fully saturated rings. The standard InChI is InChI=1S/C31H36ClN5O3/c1-31-25(30(40)36-14-5-2-6-15-36)17-20(18-27(38)34-13-10-22-7-3-4-12-33-22)29(39)37(31)16-11-23-24-19-21(32)8-9-26(24)35-28(23)31/h3-4,7-9,12,19-20,25,35H,2,5-6,10-11,13-18H2,1H3,(H,34,38)/t20-,25-,31+/m1/s1. The molecule has 9 heteroatoms. The van der Waals surface area contributed by atoms with Crippen LogP contribution in [0.1, 0.15) is 56.0 Å². The van der Waals surface area contributed by atoms with Gasteiger partial charge in [-0.1, -0.05) is 17.7 Å². The predicted octanol–water partition coefficient (Wildman–Crippen LogP) is 4.21. The highest BCUT2D eigenvalue weighted by Gasteiger charge is 2.57. The number of halogens is 1. The Morgan fingerprint density at radius 1 is 1.15 bits per heavy atom. The molecule has 3 atom stereocenters. The minimum Gasteiger partial charge on any atom is -0.356 e. The summed E-state index contributed by atoms with van der Waals surface area (Å²) in [5, 5.41) is 4.68. The molecule has 2 saturated heterocycles. The number of aromatic nitrogens is 2. The van der Waals surface area contributed by atoms with Crippen LogP contribution in [0.2, 0.25) is 5.02 Å². The zero-order valence-corrected chi connectivity index (χ0v) is 23.7. The van der Waals surface area contributed by atoms with Gasteiger partial charge in [0, 0.05) is 78.4 Å². The van der Waals surface area contributed by atoms with Gasteiger partial charge in [0.05, 0.1) is 11.5 Å². The predicted molar refractivity (Wildman–Crippen MR) is 154 cm³/mol. The van der Waals surface area contributed by atoms with E-state index >= 15 is 0 Å². The normalized spacial score (nSPS) is 24.5. The zero-order chi connectivity index (χ0) is 27.9. The highest BCUT2D eigenvalue weighted by molar-refractivity contribution is 6.31. The van der Waals surface area contributed by atoms with Gasteiger partial charge in [-0.25, -0.2) is 0 Å². The highest BCUT2D eigenvalue weighted by Crippen LogP contribution is 2.50. The number of hydrogen-bond donors (Lipinski definition) is 2. The van der Waals surface area contributed by atoms with E-state index in [9.17, 15) is 14.4 Å². The van der Waals surface area contributed by atoms with Gasteiger partial charge < -0.3 is 20.1 Å². The molecule has 8 nitrogen and oxygen atoms in total. The average molecular weight is 562 g/mol. The fourth-order valence-corrected chi connectivity index (χ4v) is 7.23. The first kappa shape index (κ1) is 26.8. The Labute approximate surface area is 239 Å². The Hall–Kier alpha value is -3.39. The SMILES string of the molecule is C[C@]12c3[nH]c4ccc(Cl)cc4c3CCN1C(=O)[C@@H](CC(=O)NCCc1ccccn1)C[C@@H]2C(=O)N1CCCCC1. The summed E-state index contributed by atoms with van der Waals surface area (Å²) in [5.74, 6) is -1.11. The summed E-state index contributed by atoms with van der Waals surface area (Å²) >= 11 is 6.35. The maximum atomic E-state index is 14.2. The van der Waals surface area contributed by atoms with Gasteiger partial charge in [0.25, 0.3) is 0 Å². The molecule has 3 aliphatic rings. The van der Waals surface area contributed by atoms with Gasteiger partial charge in [-0.3, -0.25) is 19.4 Å². The summed E-state index contributed by atoms with van der Waals surface area (Å²) in [4.78, 5) is 52.9. The number of H-pyrrole nitrogens is 1. The van der Waals surface area contributed by atoms with Crippen molar-refractivity contribution in [2.75, 3.05) is 26.2 Å². The van der Waals surface area contributed by atoms with Crippen LogP contribution in [0, 0.1) is 11.8 Å². The van der Waals surface area contributed by atoms with Crippen molar-refractivity contribution < 1.29 is 14.4 Å². The number of fused-ring (bicyclic) bond motifs is 5. The molecule has 0 radical (unpaired) electrons. The van der Waals surface area contributed by atoms with E-state index in [0.29, 0.717) is 37.4 Å². The molecule has 0 unspecified atom stereocenters. The lowest BCUT2D eigenvalue weighted by molar-refractivity contribution is -0.164. The Morgan fingerprint density at radius 2 is 1.98 bits per heavy atom. The molecule has 3 amide bonds. The lowest BCUT2D eigenvalue weighted by Gasteiger charge is -2.54. The van der Waals surface area contributed by atoms with Crippen molar-refractivity contribution in [1.29, 1.82) is 0 Å². The van der Waals surface area contributed by atoms with E-state index in [2.05, 4.69) is 15.3 Å². The molecule has 2 aromatic heterocycles. The number of piperidine rings is 2. The summed E-state index contributed by atoms with van der Waals surface area (Å²) in [6, 6.07) is 11.5. The summed E-state index contributed by atoms with van der Waals surface area (Å²) in [5.41, 5.74) is 3.10. The van der Waals surface area contributed by atoms with E-state index < -0.39 is 17.4 Å². The summed E-state index contributed by atoms with van der Waals surface area (Å²) in [6.07, 6.45) is 6.58. The van der Waals surface area contributed by atoms with Crippen LogP contribution in [0.25, 0.3) is 10.9 Å². The third-order valence-corrected chi connectivity index (χ3v) is 9.40. The topological polar surface area (TPSA) is 98.4 Å². The minimum atomic E-state index is -0.823. The number of nitrogens with zero attached hydrogens (tertiary/aromatic N) is 3. The van der Waals surface area contributed by atoms with Gasteiger partial charge in [0.1, 0.15) is 0 Å². The van der Waals surface area contributed by atoms with Crippen LogP contribution < -0.4 is 5.32 Å². The van der Waals surface area contributed by atoms with Crippen LogP contribution >= 0.6 is 11.6 Å². The van der Waals surface area contributed by atoms with E-state index in [1.807, 2.05) is 53.1 Å². The van der Waals surface area contributed by atoms with Crippen molar-refractivity contribution in [3.05, 3.63) is 64.6 Å². The van der Waals surface area contributed by atoms with Gasteiger partial charge in [0.15, 0.2) is 0 Å². The molecule has 6 rings (SSSR count). The Kier molecular flexibility index (Phi) is 7.29. The molecule has 0 aliphatic carbocycles. The fraction of sp³-hybridized carbons (Fsp3) is 0.484. The second kappa shape index (κ2) is 10.9. The van der Waals surface area contributed by atoms with Crippen molar-refractivity contribution in [1.82, 2.24) is 25.1 Å². The number of carbonyl (C=O) groups excluding carboxylic acids is 3. The number of hydrogen-bond acceptors (Lipinski definition) is 4. The fourth-order valence-electron chi connectivity index (χ4n) is 7.06. The molecule has 2 N–H and O–H groups in total. The molecule has 0 spiro atoms. The number of nitrogens with one attached hydrogen (secondary N) is 2. The first-order valence-corrected chi connectivity index (χ1v) is 14.8. The maximum absolute atomic E-state index is 14.2. The van der Waals surface area contributed by atoms with Crippen molar-refractivity contribution >= 4 is 40.2 Å². The first-order chi connectivity index (χ1) is 19.4. The van der Waals surface area contributed by atoms with Crippen molar-refractivity contribution in [3.8, 4) is 0 Å². The lowest BCUT2D eigenvalue weighted by Crippen LogP contribution is -2.64. The van der Waals surface area contributed by atoms with Crippen LogP contribution in [-0.2, 0) is 32.8 Å². The third-order valence-electron chi connectivity index (χ3n) is 9.16. The quantitative estimate of drug-likeness (QED) is 0.471. The Balaban J connectivity index is 1.28. The molecular weight excluding hydrogens is 526 g/mol. The van der Waals surface area contributed by atoms with Crippen LogP contribution in [0.4, 0.5) is 0 Å². The van der Waals surface area contributed by atoms with E-state index in [1.54, 1.807) is 6.20 Å². The van der Waals surface area contributed by atoms with Crippen LogP contribution in [0.3, 0.4) is 0 Å². The number of likely N-dealkylation sites (tertiary alicyclic amines) is 1. The molecule has 0 bridgehead atoms. The average Bonchev–Trinajstić information content (AvgIpc) is 3.34. The van der Waals surface area contributed by atoms with Crippen LogP contribution in [-0.4, -0.2) is 63.7 Å².